The standard InChI is InChI=1S/C14H21N3O/c1-3-6-13(18)17-10-5-4-7-12(17)14-15-9-8-11(2)16-14/h8-9,12H,3-7,10H2,1-2H3/t12-/m1/s1. The lowest BCUT2D eigenvalue weighted by Gasteiger charge is -2.34. The van der Waals surface area contributed by atoms with Crippen molar-refractivity contribution in [1.82, 2.24) is 14.9 Å². The van der Waals surface area contributed by atoms with E-state index in [1.807, 2.05) is 24.8 Å². The van der Waals surface area contributed by atoms with Crippen LogP contribution in [0.2, 0.25) is 0 Å². The molecule has 4 heteroatoms. The molecule has 98 valence electrons. The van der Waals surface area contributed by atoms with Crippen molar-refractivity contribution in [1.29, 1.82) is 0 Å². The number of carbonyl (C=O) groups is 1. The van der Waals surface area contributed by atoms with Crippen LogP contribution in [0.15, 0.2) is 12.3 Å². The third-order valence-electron chi connectivity index (χ3n) is 3.40. The Morgan fingerprint density at radius 3 is 3.06 bits per heavy atom. The lowest BCUT2D eigenvalue weighted by Crippen LogP contribution is -2.39. The maximum Gasteiger partial charge on any atom is 0.223 e. The molecular formula is C14H21N3O. The Hall–Kier alpha value is -1.45. The monoisotopic (exact) mass is 247 g/mol. The summed E-state index contributed by atoms with van der Waals surface area (Å²) in [5.41, 5.74) is 0.966. The van der Waals surface area contributed by atoms with E-state index in [0.29, 0.717) is 6.42 Å². The summed E-state index contributed by atoms with van der Waals surface area (Å²) >= 11 is 0. The number of piperidine rings is 1. The van der Waals surface area contributed by atoms with Crippen LogP contribution in [0.4, 0.5) is 0 Å². The topological polar surface area (TPSA) is 46.1 Å². The number of likely N-dealkylation sites (tertiary alicyclic amines) is 1. The van der Waals surface area contributed by atoms with Crippen LogP contribution in [-0.2, 0) is 4.79 Å². The Labute approximate surface area is 108 Å². The average Bonchev–Trinajstić information content (AvgIpc) is 2.39. The quantitative estimate of drug-likeness (QED) is 0.825. The van der Waals surface area contributed by atoms with Crippen molar-refractivity contribution < 1.29 is 4.79 Å². The summed E-state index contributed by atoms with van der Waals surface area (Å²) in [6, 6.07) is 1.97. The molecule has 0 bridgehead atoms. The van der Waals surface area contributed by atoms with E-state index in [-0.39, 0.29) is 11.9 Å². The van der Waals surface area contributed by atoms with Gasteiger partial charge < -0.3 is 4.90 Å². The van der Waals surface area contributed by atoms with Crippen molar-refractivity contribution >= 4 is 5.91 Å². The molecule has 0 N–H and O–H groups in total. The van der Waals surface area contributed by atoms with Gasteiger partial charge in [0.25, 0.3) is 0 Å². The molecule has 1 aromatic heterocycles. The highest BCUT2D eigenvalue weighted by atomic mass is 16.2. The summed E-state index contributed by atoms with van der Waals surface area (Å²) < 4.78 is 0. The van der Waals surface area contributed by atoms with Gasteiger partial charge >= 0.3 is 0 Å². The van der Waals surface area contributed by atoms with Crippen molar-refractivity contribution in [3.05, 3.63) is 23.8 Å². The van der Waals surface area contributed by atoms with Crippen LogP contribution in [0.1, 0.15) is 56.6 Å². The van der Waals surface area contributed by atoms with Gasteiger partial charge in [-0.2, -0.15) is 0 Å². The van der Waals surface area contributed by atoms with E-state index in [2.05, 4.69) is 9.97 Å². The first kappa shape index (κ1) is 13.0. The number of aromatic nitrogens is 2. The van der Waals surface area contributed by atoms with Crippen molar-refractivity contribution in [2.75, 3.05) is 6.54 Å². The van der Waals surface area contributed by atoms with Gasteiger partial charge in [-0.15, -0.1) is 0 Å². The van der Waals surface area contributed by atoms with E-state index in [4.69, 9.17) is 0 Å². The van der Waals surface area contributed by atoms with Gasteiger partial charge in [0.15, 0.2) is 5.82 Å². The molecule has 1 amide bonds. The summed E-state index contributed by atoms with van der Waals surface area (Å²) in [5.74, 6) is 1.05. The van der Waals surface area contributed by atoms with Gasteiger partial charge in [0.2, 0.25) is 5.91 Å². The summed E-state index contributed by atoms with van der Waals surface area (Å²) in [4.78, 5) is 22.9. The minimum absolute atomic E-state index is 0.0812. The maximum absolute atomic E-state index is 12.1. The van der Waals surface area contributed by atoms with Gasteiger partial charge in [-0.1, -0.05) is 6.92 Å². The van der Waals surface area contributed by atoms with Gasteiger partial charge in [0.1, 0.15) is 0 Å². The molecule has 0 spiro atoms. The molecule has 4 nitrogen and oxygen atoms in total. The van der Waals surface area contributed by atoms with Gasteiger partial charge in [-0.05, 0) is 38.7 Å². The maximum atomic E-state index is 12.1. The van der Waals surface area contributed by atoms with Crippen LogP contribution in [0.3, 0.4) is 0 Å². The first-order valence-corrected chi connectivity index (χ1v) is 6.81. The lowest BCUT2D eigenvalue weighted by molar-refractivity contribution is -0.135. The molecule has 0 aliphatic carbocycles. The fourth-order valence-electron chi connectivity index (χ4n) is 2.48. The van der Waals surface area contributed by atoms with E-state index >= 15 is 0 Å². The highest BCUT2D eigenvalue weighted by Crippen LogP contribution is 2.29. The molecule has 1 aliphatic rings. The number of hydrogen-bond donors (Lipinski definition) is 0. The highest BCUT2D eigenvalue weighted by molar-refractivity contribution is 5.76. The van der Waals surface area contributed by atoms with Crippen molar-refractivity contribution in [3.8, 4) is 0 Å². The Morgan fingerprint density at radius 2 is 2.33 bits per heavy atom. The fourth-order valence-corrected chi connectivity index (χ4v) is 2.48. The van der Waals surface area contributed by atoms with Gasteiger partial charge in [0, 0.05) is 24.9 Å². The van der Waals surface area contributed by atoms with Crippen molar-refractivity contribution in [2.24, 2.45) is 0 Å². The molecule has 0 radical (unpaired) electrons. The molecule has 2 rings (SSSR count). The summed E-state index contributed by atoms with van der Waals surface area (Å²) in [6.45, 7) is 4.85. The van der Waals surface area contributed by atoms with Crippen molar-refractivity contribution in [3.63, 3.8) is 0 Å². The molecule has 1 fully saturated rings. The number of hydrogen-bond acceptors (Lipinski definition) is 3. The Bertz CT molecular complexity index is 419. The van der Waals surface area contributed by atoms with E-state index < -0.39 is 0 Å². The first-order valence-electron chi connectivity index (χ1n) is 6.81. The van der Waals surface area contributed by atoms with Crippen LogP contribution in [-0.4, -0.2) is 27.3 Å². The number of nitrogens with zero attached hydrogens (tertiary/aromatic N) is 3. The zero-order valence-electron chi connectivity index (χ0n) is 11.2. The SMILES string of the molecule is CCCC(=O)N1CCCC[C@@H]1c1nccc(C)n1. The number of aryl methyl sites for hydroxylation is 1. The minimum atomic E-state index is 0.0812. The number of carbonyl (C=O) groups excluding carboxylic acids is 1. The molecular weight excluding hydrogens is 226 g/mol. The Morgan fingerprint density at radius 1 is 1.50 bits per heavy atom. The molecule has 1 saturated heterocycles. The normalized spacial score (nSPS) is 19.9. The molecule has 1 aromatic rings. The molecule has 1 atom stereocenters. The highest BCUT2D eigenvalue weighted by Gasteiger charge is 2.29. The summed E-state index contributed by atoms with van der Waals surface area (Å²) in [6.07, 6.45) is 6.54. The van der Waals surface area contributed by atoms with Gasteiger partial charge in [0.05, 0.1) is 6.04 Å². The predicted octanol–water partition coefficient (Wildman–Crippen LogP) is 2.64. The van der Waals surface area contributed by atoms with Crippen LogP contribution in [0, 0.1) is 6.92 Å². The zero-order chi connectivity index (χ0) is 13.0. The summed E-state index contributed by atoms with van der Waals surface area (Å²) in [7, 11) is 0. The fraction of sp³-hybridized carbons (Fsp3) is 0.643. The number of rotatable bonds is 3. The summed E-state index contributed by atoms with van der Waals surface area (Å²) in [5, 5.41) is 0. The third-order valence-corrected chi connectivity index (χ3v) is 3.40. The molecule has 18 heavy (non-hydrogen) atoms. The molecule has 2 heterocycles. The van der Waals surface area contributed by atoms with Crippen LogP contribution < -0.4 is 0 Å². The van der Waals surface area contributed by atoms with Crippen LogP contribution >= 0.6 is 0 Å². The van der Waals surface area contributed by atoms with Crippen molar-refractivity contribution in [2.45, 2.75) is 52.0 Å². The molecule has 0 aromatic carbocycles. The minimum Gasteiger partial charge on any atom is -0.332 e. The third kappa shape index (κ3) is 2.86. The van der Waals surface area contributed by atoms with E-state index in [9.17, 15) is 4.79 Å². The zero-order valence-corrected chi connectivity index (χ0v) is 11.2. The second kappa shape index (κ2) is 5.94. The second-order valence-corrected chi connectivity index (χ2v) is 4.90. The largest absolute Gasteiger partial charge is 0.332 e. The molecule has 0 saturated carbocycles. The van der Waals surface area contributed by atoms with Gasteiger partial charge in [-0.3, -0.25) is 4.79 Å². The first-order chi connectivity index (χ1) is 8.72. The number of amides is 1. The molecule has 0 unspecified atom stereocenters. The second-order valence-electron chi connectivity index (χ2n) is 4.90. The molecule has 1 aliphatic heterocycles. The predicted molar refractivity (Wildman–Crippen MR) is 70.0 cm³/mol. The van der Waals surface area contributed by atoms with E-state index in [1.165, 1.54) is 0 Å². The van der Waals surface area contributed by atoms with Crippen LogP contribution in [0.5, 0.6) is 0 Å². The van der Waals surface area contributed by atoms with Gasteiger partial charge in [-0.25, -0.2) is 9.97 Å². The average molecular weight is 247 g/mol. The van der Waals surface area contributed by atoms with Crippen LogP contribution in [0.25, 0.3) is 0 Å². The van der Waals surface area contributed by atoms with E-state index in [1.54, 1.807) is 6.20 Å². The smallest absolute Gasteiger partial charge is 0.223 e. The lowest BCUT2D eigenvalue weighted by atomic mass is 10.0. The Kier molecular flexibility index (Phi) is 4.28. The Balaban J connectivity index is 2.20. The van der Waals surface area contributed by atoms with E-state index in [0.717, 1.165) is 43.7 Å².